The summed E-state index contributed by atoms with van der Waals surface area (Å²) in [6, 6.07) is 3.96. The van der Waals surface area contributed by atoms with Crippen molar-refractivity contribution in [2.45, 2.75) is 20.8 Å². The topological polar surface area (TPSA) is 32.6 Å². The zero-order valence-electron chi connectivity index (χ0n) is 8.58. The van der Waals surface area contributed by atoms with E-state index in [4.69, 9.17) is 5.11 Å². The maximum absolute atomic E-state index is 13.2. The summed E-state index contributed by atoms with van der Waals surface area (Å²) in [5.41, 5.74) is 1.14. The van der Waals surface area contributed by atoms with Gasteiger partial charge in [-0.2, -0.15) is 0 Å². The lowest BCUT2D eigenvalue weighted by Gasteiger charge is -2.04. The summed E-state index contributed by atoms with van der Waals surface area (Å²) in [4.78, 5) is 4.13. The highest BCUT2D eigenvalue weighted by molar-refractivity contribution is 5.86. The van der Waals surface area contributed by atoms with E-state index in [1.54, 1.807) is 0 Å². The van der Waals surface area contributed by atoms with Crippen molar-refractivity contribution >= 4 is 11.4 Å². The minimum Gasteiger partial charge on any atom is -0.508 e. The third kappa shape index (κ3) is 2.55. The Hall–Kier alpha value is -1.38. The largest absolute Gasteiger partial charge is 0.508 e. The van der Waals surface area contributed by atoms with E-state index in [0.29, 0.717) is 5.92 Å². The van der Waals surface area contributed by atoms with Crippen LogP contribution in [0.25, 0.3) is 0 Å². The Morgan fingerprint density at radius 2 is 2.07 bits per heavy atom. The van der Waals surface area contributed by atoms with Gasteiger partial charge in [-0.15, -0.1) is 0 Å². The summed E-state index contributed by atoms with van der Waals surface area (Å²) in [7, 11) is 0. The summed E-state index contributed by atoms with van der Waals surface area (Å²) in [6.45, 7) is 5.85. The van der Waals surface area contributed by atoms with Gasteiger partial charge in [-0.25, -0.2) is 4.39 Å². The van der Waals surface area contributed by atoms with Crippen LogP contribution in [-0.4, -0.2) is 10.8 Å². The first-order chi connectivity index (χ1) is 6.50. The minimum atomic E-state index is -0.495. The summed E-state index contributed by atoms with van der Waals surface area (Å²) in [5, 5.41) is 8.99. The lowest BCUT2D eigenvalue weighted by Crippen LogP contribution is -2.00. The molecule has 2 nitrogen and oxygen atoms in total. The van der Waals surface area contributed by atoms with Gasteiger partial charge in [0.05, 0.1) is 5.69 Å². The molecule has 0 aliphatic heterocycles. The van der Waals surface area contributed by atoms with Crippen molar-refractivity contribution in [2.75, 3.05) is 0 Å². The van der Waals surface area contributed by atoms with Gasteiger partial charge >= 0.3 is 0 Å². The van der Waals surface area contributed by atoms with Gasteiger partial charge < -0.3 is 5.11 Å². The highest BCUT2D eigenvalue weighted by atomic mass is 19.1. The molecule has 0 radical (unpaired) electrons. The highest BCUT2D eigenvalue weighted by Crippen LogP contribution is 2.22. The van der Waals surface area contributed by atoms with E-state index in [9.17, 15) is 4.39 Å². The van der Waals surface area contributed by atoms with Gasteiger partial charge in [0.2, 0.25) is 0 Å². The normalized spacial score (nSPS) is 12.2. The molecule has 0 fully saturated rings. The fourth-order valence-corrected chi connectivity index (χ4v) is 0.906. The van der Waals surface area contributed by atoms with Gasteiger partial charge in [-0.3, -0.25) is 4.99 Å². The third-order valence-electron chi connectivity index (χ3n) is 2.06. The lowest BCUT2D eigenvalue weighted by atomic mass is 10.1. The van der Waals surface area contributed by atoms with E-state index < -0.39 is 5.82 Å². The molecule has 0 saturated carbocycles. The van der Waals surface area contributed by atoms with E-state index >= 15 is 0 Å². The maximum Gasteiger partial charge on any atom is 0.152 e. The molecule has 1 aromatic carbocycles. The van der Waals surface area contributed by atoms with Crippen molar-refractivity contribution in [1.82, 2.24) is 0 Å². The van der Waals surface area contributed by atoms with Crippen molar-refractivity contribution in [1.29, 1.82) is 0 Å². The molecule has 0 aromatic heterocycles. The molecule has 3 heteroatoms. The molecule has 1 rings (SSSR count). The fourth-order valence-electron chi connectivity index (χ4n) is 0.906. The van der Waals surface area contributed by atoms with Crippen LogP contribution in [0.1, 0.15) is 20.8 Å². The number of rotatable bonds is 2. The molecule has 0 amide bonds. The lowest BCUT2D eigenvalue weighted by molar-refractivity contribution is 0.469. The predicted molar refractivity (Wildman–Crippen MR) is 55.7 cm³/mol. The molecule has 76 valence electrons. The van der Waals surface area contributed by atoms with Gasteiger partial charge in [0.1, 0.15) is 5.75 Å². The van der Waals surface area contributed by atoms with Gasteiger partial charge in [-0.1, -0.05) is 13.8 Å². The number of nitrogens with zero attached hydrogens (tertiary/aromatic N) is 1. The van der Waals surface area contributed by atoms with Crippen LogP contribution in [0.2, 0.25) is 0 Å². The Bertz CT molecular complexity index is 358. The quantitative estimate of drug-likeness (QED) is 0.721. The average Bonchev–Trinajstić information content (AvgIpc) is 2.09. The van der Waals surface area contributed by atoms with Crippen molar-refractivity contribution in [3.8, 4) is 5.75 Å². The van der Waals surface area contributed by atoms with Gasteiger partial charge in [0.15, 0.2) is 5.82 Å². The Kier molecular flexibility index (Phi) is 3.23. The molecule has 0 unspecified atom stereocenters. The molecule has 1 aromatic rings. The second-order valence-electron chi connectivity index (χ2n) is 3.54. The smallest absolute Gasteiger partial charge is 0.152 e. The van der Waals surface area contributed by atoms with Gasteiger partial charge in [0.25, 0.3) is 0 Å². The Labute approximate surface area is 83.1 Å². The van der Waals surface area contributed by atoms with Crippen LogP contribution in [0.15, 0.2) is 23.2 Å². The molecular weight excluding hydrogens is 181 g/mol. The molecule has 1 N–H and O–H groups in total. The second kappa shape index (κ2) is 4.22. The van der Waals surface area contributed by atoms with Crippen LogP contribution >= 0.6 is 0 Å². The number of hydrogen-bond acceptors (Lipinski definition) is 2. The van der Waals surface area contributed by atoms with Crippen molar-refractivity contribution < 1.29 is 9.50 Å². The molecule has 0 aliphatic carbocycles. The van der Waals surface area contributed by atoms with Gasteiger partial charge in [0, 0.05) is 11.8 Å². The number of aromatic hydroxyl groups is 1. The third-order valence-corrected chi connectivity index (χ3v) is 2.06. The van der Waals surface area contributed by atoms with Crippen LogP contribution in [0.5, 0.6) is 5.75 Å². The number of halogens is 1. The highest BCUT2D eigenvalue weighted by Gasteiger charge is 2.03. The molecule has 0 saturated heterocycles. The number of benzene rings is 1. The van der Waals surface area contributed by atoms with Gasteiger partial charge in [-0.05, 0) is 25.0 Å². The van der Waals surface area contributed by atoms with E-state index in [-0.39, 0.29) is 11.4 Å². The summed E-state index contributed by atoms with van der Waals surface area (Å²) >= 11 is 0. The first kappa shape index (κ1) is 10.7. The Balaban J connectivity index is 3.03. The van der Waals surface area contributed by atoms with Crippen LogP contribution in [0.4, 0.5) is 10.1 Å². The summed E-state index contributed by atoms with van der Waals surface area (Å²) in [6.07, 6.45) is 0. The summed E-state index contributed by atoms with van der Waals surface area (Å²) < 4.78 is 13.2. The maximum atomic E-state index is 13.2. The van der Waals surface area contributed by atoms with E-state index in [0.717, 1.165) is 11.8 Å². The second-order valence-corrected chi connectivity index (χ2v) is 3.54. The van der Waals surface area contributed by atoms with Crippen LogP contribution in [0, 0.1) is 11.7 Å². The molecule has 0 heterocycles. The summed E-state index contributed by atoms with van der Waals surface area (Å²) in [5.74, 6) is -0.281. The van der Waals surface area contributed by atoms with E-state index in [2.05, 4.69) is 4.99 Å². The molecular formula is C11H14FNO. The van der Waals surface area contributed by atoms with Crippen molar-refractivity contribution in [3.63, 3.8) is 0 Å². The predicted octanol–water partition coefficient (Wildman–Crippen LogP) is 3.28. The Morgan fingerprint density at radius 3 is 2.57 bits per heavy atom. The van der Waals surface area contributed by atoms with Crippen molar-refractivity contribution in [2.24, 2.45) is 10.9 Å². The molecule has 0 atom stereocenters. The van der Waals surface area contributed by atoms with Crippen molar-refractivity contribution in [3.05, 3.63) is 24.0 Å². The monoisotopic (exact) mass is 195 g/mol. The fraction of sp³-hybridized carbons (Fsp3) is 0.364. The zero-order valence-corrected chi connectivity index (χ0v) is 8.58. The van der Waals surface area contributed by atoms with Crippen LogP contribution in [-0.2, 0) is 0 Å². The van der Waals surface area contributed by atoms with E-state index in [1.165, 1.54) is 12.1 Å². The average molecular weight is 195 g/mol. The minimum absolute atomic E-state index is 0.0800. The Morgan fingerprint density at radius 1 is 1.43 bits per heavy atom. The van der Waals surface area contributed by atoms with Crippen LogP contribution in [0.3, 0.4) is 0 Å². The van der Waals surface area contributed by atoms with Crippen LogP contribution < -0.4 is 0 Å². The number of hydrogen-bond donors (Lipinski definition) is 1. The number of aliphatic imine (C=N–C) groups is 1. The number of phenols is 1. The molecule has 14 heavy (non-hydrogen) atoms. The standard InChI is InChI=1S/C11H14FNO/c1-7(2)8(3)13-11-5-4-9(14)6-10(11)12/h4-7,14H,1-3H3. The zero-order chi connectivity index (χ0) is 10.7. The molecule has 0 spiro atoms. The van der Waals surface area contributed by atoms with E-state index in [1.807, 2.05) is 20.8 Å². The number of phenolic OH excluding ortho intramolecular Hbond substituents is 1. The SMILES string of the molecule is CC(=Nc1ccc(O)cc1F)C(C)C. The first-order valence-electron chi connectivity index (χ1n) is 4.54. The molecule has 0 bridgehead atoms. The molecule has 0 aliphatic rings. The first-order valence-corrected chi connectivity index (χ1v) is 4.54.